The van der Waals surface area contributed by atoms with E-state index >= 15 is 0 Å². The van der Waals surface area contributed by atoms with Gasteiger partial charge in [0.15, 0.2) is 0 Å². The van der Waals surface area contributed by atoms with Crippen molar-refractivity contribution in [2.45, 2.75) is 19.1 Å². The maximum atomic E-state index is 13.5. The number of nitrogens with zero attached hydrogens (tertiary/aromatic N) is 2. The van der Waals surface area contributed by atoms with Crippen LogP contribution in [0.4, 0.5) is 13.2 Å². The Kier molecular flexibility index (Phi) is 4.87. The van der Waals surface area contributed by atoms with Crippen LogP contribution < -0.4 is 5.32 Å². The predicted octanol–water partition coefficient (Wildman–Crippen LogP) is 3.40. The second-order valence-corrected chi connectivity index (χ2v) is 6.01. The number of hydrogen-bond acceptors (Lipinski definition) is 3. The van der Waals surface area contributed by atoms with Crippen molar-refractivity contribution in [2.75, 3.05) is 26.2 Å². The molecule has 1 aromatic carbocycles. The van der Waals surface area contributed by atoms with Gasteiger partial charge in [-0.2, -0.15) is 13.2 Å². The summed E-state index contributed by atoms with van der Waals surface area (Å²) in [5.74, 6) is 0. The molecule has 6 heteroatoms. The number of aromatic nitrogens is 1. The normalized spacial score (nSPS) is 17.7. The summed E-state index contributed by atoms with van der Waals surface area (Å²) in [6.45, 7) is 4.86. The third kappa shape index (κ3) is 3.44. The van der Waals surface area contributed by atoms with Gasteiger partial charge in [-0.3, -0.25) is 9.88 Å². The molecular formula is C18H20F3N3. The summed E-state index contributed by atoms with van der Waals surface area (Å²) in [6.07, 6.45) is -1.02. The Morgan fingerprint density at radius 3 is 2.46 bits per heavy atom. The Hall–Kier alpha value is -1.92. The summed E-state index contributed by atoms with van der Waals surface area (Å²) in [4.78, 5) is 6.20. The Balaban J connectivity index is 2.14. The fraction of sp³-hybridized carbons (Fsp3) is 0.389. The van der Waals surface area contributed by atoms with E-state index in [9.17, 15) is 13.2 Å². The Morgan fingerprint density at radius 1 is 1.08 bits per heavy atom. The van der Waals surface area contributed by atoms with Crippen molar-refractivity contribution in [3.05, 3.63) is 65.0 Å². The zero-order valence-corrected chi connectivity index (χ0v) is 13.5. The lowest BCUT2D eigenvalue weighted by Gasteiger charge is -2.37. The summed E-state index contributed by atoms with van der Waals surface area (Å²) in [5, 5.41) is 3.26. The summed E-state index contributed by atoms with van der Waals surface area (Å²) in [7, 11) is 0. The number of alkyl halides is 3. The molecule has 1 aromatic heterocycles. The Labute approximate surface area is 139 Å². The molecule has 3 rings (SSSR count). The molecule has 1 fully saturated rings. The van der Waals surface area contributed by atoms with Gasteiger partial charge in [0.25, 0.3) is 0 Å². The number of hydrogen-bond donors (Lipinski definition) is 1. The average Bonchev–Trinajstić information content (AvgIpc) is 2.57. The molecule has 3 nitrogen and oxygen atoms in total. The predicted molar refractivity (Wildman–Crippen MR) is 86.7 cm³/mol. The largest absolute Gasteiger partial charge is 0.416 e. The number of piperazine rings is 1. The van der Waals surface area contributed by atoms with Crippen LogP contribution in [0.3, 0.4) is 0 Å². The molecule has 1 saturated heterocycles. The van der Waals surface area contributed by atoms with Crippen molar-refractivity contribution in [1.82, 2.24) is 15.2 Å². The zero-order chi connectivity index (χ0) is 17.2. The van der Waals surface area contributed by atoms with Crippen molar-refractivity contribution in [2.24, 2.45) is 0 Å². The number of benzene rings is 1. The molecule has 1 aliphatic heterocycles. The standard InChI is InChI=1S/C18H20F3N3/c1-13-12-23-7-6-14(13)17(24-10-8-22-9-11-24)15-4-2-3-5-16(15)18(19,20)21/h2-7,12,17,22H,8-11H2,1H3. The van der Waals surface area contributed by atoms with Crippen molar-refractivity contribution in [3.8, 4) is 0 Å². The zero-order valence-electron chi connectivity index (χ0n) is 13.5. The highest BCUT2D eigenvalue weighted by atomic mass is 19.4. The van der Waals surface area contributed by atoms with E-state index in [2.05, 4.69) is 15.2 Å². The number of pyridine rings is 1. The maximum absolute atomic E-state index is 13.5. The third-order valence-electron chi connectivity index (χ3n) is 4.44. The van der Waals surface area contributed by atoms with Gasteiger partial charge in [-0.05, 0) is 35.7 Å². The van der Waals surface area contributed by atoms with Crippen LogP contribution in [0.2, 0.25) is 0 Å². The fourth-order valence-electron chi connectivity index (χ4n) is 3.29. The van der Waals surface area contributed by atoms with Gasteiger partial charge >= 0.3 is 6.18 Å². The second kappa shape index (κ2) is 6.91. The minimum absolute atomic E-state index is 0.307. The van der Waals surface area contributed by atoms with Crippen molar-refractivity contribution in [1.29, 1.82) is 0 Å². The van der Waals surface area contributed by atoms with Crippen LogP contribution in [0.1, 0.15) is 28.3 Å². The molecule has 2 heterocycles. The molecule has 128 valence electrons. The minimum atomic E-state index is -4.37. The van der Waals surface area contributed by atoms with Crippen molar-refractivity contribution in [3.63, 3.8) is 0 Å². The molecule has 0 aliphatic carbocycles. The van der Waals surface area contributed by atoms with Crippen LogP contribution in [-0.2, 0) is 6.18 Å². The van der Waals surface area contributed by atoms with E-state index < -0.39 is 17.8 Å². The first-order valence-electron chi connectivity index (χ1n) is 8.00. The van der Waals surface area contributed by atoms with Gasteiger partial charge in [0.1, 0.15) is 0 Å². The van der Waals surface area contributed by atoms with E-state index in [1.165, 1.54) is 12.1 Å². The number of nitrogens with one attached hydrogen (secondary N) is 1. The van der Waals surface area contributed by atoms with Crippen LogP contribution in [-0.4, -0.2) is 36.1 Å². The van der Waals surface area contributed by atoms with Crippen molar-refractivity contribution >= 4 is 0 Å². The summed E-state index contributed by atoms with van der Waals surface area (Å²) in [6, 6.07) is 7.29. The van der Waals surface area contributed by atoms with Gasteiger partial charge in [0.05, 0.1) is 11.6 Å². The molecular weight excluding hydrogens is 315 g/mol. The first-order valence-corrected chi connectivity index (χ1v) is 8.00. The topological polar surface area (TPSA) is 28.2 Å². The van der Waals surface area contributed by atoms with Crippen molar-refractivity contribution < 1.29 is 13.2 Å². The van der Waals surface area contributed by atoms with Gasteiger partial charge in [-0.25, -0.2) is 0 Å². The summed E-state index contributed by atoms with van der Waals surface area (Å²) < 4.78 is 40.6. The lowest BCUT2D eigenvalue weighted by molar-refractivity contribution is -0.138. The highest BCUT2D eigenvalue weighted by Crippen LogP contribution is 2.39. The third-order valence-corrected chi connectivity index (χ3v) is 4.44. The van der Waals surface area contributed by atoms with Gasteiger partial charge in [-0.15, -0.1) is 0 Å². The van der Waals surface area contributed by atoms with E-state index in [1.54, 1.807) is 24.5 Å². The summed E-state index contributed by atoms with van der Waals surface area (Å²) >= 11 is 0. The lowest BCUT2D eigenvalue weighted by Crippen LogP contribution is -2.46. The van der Waals surface area contributed by atoms with E-state index in [1.807, 2.05) is 13.0 Å². The SMILES string of the molecule is Cc1cnccc1C(c1ccccc1C(F)(F)F)N1CCNCC1. The smallest absolute Gasteiger partial charge is 0.314 e. The van der Waals surface area contributed by atoms with E-state index in [-0.39, 0.29) is 0 Å². The van der Waals surface area contributed by atoms with Crippen LogP contribution >= 0.6 is 0 Å². The fourth-order valence-corrected chi connectivity index (χ4v) is 3.29. The molecule has 2 aromatic rings. The molecule has 0 spiro atoms. The lowest BCUT2D eigenvalue weighted by atomic mass is 9.90. The molecule has 1 aliphatic rings. The molecule has 1 atom stereocenters. The monoisotopic (exact) mass is 335 g/mol. The van der Waals surface area contributed by atoms with E-state index in [0.29, 0.717) is 18.7 Å². The number of halogens is 3. The Bertz CT molecular complexity index is 694. The van der Waals surface area contributed by atoms with Crippen LogP contribution in [0, 0.1) is 6.92 Å². The van der Waals surface area contributed by atoms with Gasteiger partial charge < -0.3 is 5.32 Å². The highest BCUT2D eigenvalue weighted by molar-refractivity contribution is 5.41. The van der Waals surface area contributed by atoms with Gasteiger partial charge in [0, 0.05) is 38.6 Å². The van der Waals surface area contributed by atoms with Crippen LogP contribution in [0.5, 0.6) is 0 Å². The number of aryl methyl sites for hydroxylation is 1. The Morgan fingerprint density at radius 2 is 1.79 bits per heavy atom. The maximum Gasteiger partial charge on any atom is 0.416 e. The molecule has 0 radical (unpaired) electrons. The average molecular weight is 335 g/mol. The van der Waals surface area contributed by atoms with Crippen LogP contribution in [0.25, 0.3) is 0 Å². The number of rotatable bonds is 3. The van der Waals surface area contributed by atoms with Gasteiger partial charge in [0.2, 0.25) is 0 Å². The van der Waals surface area contributed by atoms with E-state index in [4.69, 9.17) is 0 Å². The highest BCUT2D eigenvalue weighted by Gasteiger charge is 2.37. The molecule has 1 N–H and O–H groups in total. The molecule has 1 unspecified atom stereocenters. The first-order chi connectivity index (χ1) is 11.5. The molecule has 0 saturated carbocycles. The van der Waals surface area contributed by atoms with Gasteiger partial charge in [-0.1, -0.05) is 18.2 Å². The minimum Gasteiger partial charge on any atom is -0.314 e. The molecule has 0 amide bonds. The molecule has 0 bridgehead atoms. The molecule has 24 heavy (non-hydrogen) atoms. The van der Waals surface area contributed by atoms with E-state index in [0.717, 1.165) is 24.2 Å². The quantitative estimate of drug-likeness (QED) is 0.932. The van der Waals surface area contributed by atoms with Crippen LogP contribution in [0.15, 0.2) is 42.7 Å². The first kappa shape index (κ1) is 16.9. The summed E-state index contributed by atoms with van der Waals surface area (Å²) in [5.41, 5.74) is 1.52. The second-order valence-electron chi connectivity index (χ2n) is 6.01.